The Morgan fingerprint density at radius 1 is 1.59 bits per heavy atom. The van der Waals surface area contributed by atoms with Gasteiger partial charge in [0.1, 0.15) is 0 Å². The second-order valence-electron chi connectivity index (χ2n) is 3.95. The molecule has 3 heteroatoms. The smallest absolute Gasteiger partial charge is 0.184 e. The van der Waals surface area contributed by atoms with Crippen LogP contribution < -0.4 is 0 Å². The Balaban J connectivity index is 2.12. The van der Waals surface area contributed by atoms with Gasteiger partial charge in [0.05, 0.1) is 18.6 Å². The van der Waals surface area contributed by atoms with Crippen LogP contribution in [0, 0.1) is 0 Å². The molecule has 3 nitrogen and oxygen atoms in total. The third-order valence-corrected chi connectivity index (χ3v) is 2.84. The Labute approximate surface area is 102 Å². The molecule has 1 aromatic heterocycles. The van der Waals surface area contributed by atoms with Crippen molar-refractivity contribution < 1.29 is 13.9 Å². The van der Waals surface area contributed by atoms with E-state index in [-0.39, 0.29) is 12.4 Å². The summed E-state index contributed by atoms with van der Waals surface area (Å²) in [5, 5.41) is 0. The highest BCUT2D eigenvalue weighted by molar-refractivity contribution is 5.21. The Bertz CT molecular complexity index is 378. The van der Waals surface area contributed by atoms with Gasteiger partial charge >= 0.3 is 0 Å². The monoisotopic (exact) mass is 234 g/mol. The summed E-state index contributed by atoms with van der Waals surface area (Å²) in [5.74, 6) is 0. The normalized spacial score (nSPS) is 25.1. The molecule has 0 radical (unpaired) electrons. The van der Waals surface area contributed by atoms with E-state index in [0.29, 0.717) is 6.61 Å². The van der Waals surface area contributed by atoms with Gasteiger partial charge in [-0.25, -0.2) is 0 Å². The van der Waals surface area contributed by atoms with Crippen LogP contribution in [0.5, 0.6) is 0 Å². The van der Waals surface area contributed by atoms with Gasteiger partial charge in [0.2, 0.25) is 0 Å². The Morgan fingerprint density at radius 2 is 2.47 bits per heavy atom. The van der Waals surface area contributed by atoms with E-state index < -0.39 is 0 Å². The standard InChI is InChI=1S/C14H18O3/c1-3-11-6-5-7-13(12-8-9-15-10-12)17-14(11)16-4-2/h3,6,8-10,13-14H,1,4-5,7H2,2H3/t13-,14-/m0/s1. The summed E-state index contributed by atoms with van der Waals surface area (Å²) in [4.78, 5) is 0. The van der Waals surface area contributed by atoms with E-state index in [4.69, 9.17) is 13.9 Å². The molecule has 0 bridgehead atoms. The molecule has 1 aromatic rings. The van der Waals surface area contributed by atoms with E-state index in [0.717, 1.165) is 24.0 Å². The van der Waals surface area contributed by atoms with Crippen LogP contribution >= 0.6 is 0 Å². The first-order valence-corrected chi connectivity index (χ1v) is 5.96. The van der Waals surface area contributed by atoms with Crippen molar-refractivity contribution in [3.8, 4) is 0 Å². The first kappa shape index (κ1) is 12.1. The van der Waals surface area contributed by atoms with Gasteiger partial charge in [0, 0.05) is 17.7 Å². The molecule has 2 heterocycles. The van der Waals surface area contributed by atoms with Crippen molar-refractivity contribution in [2.75, 3.05) is 6.61 Å². The maximum absolute atomic E-state index is 5.98. The molecule has 0 fully saturated rings. The van der Waals surface area contributed by atoms with E-state index in [1.165, 1.54) is 0 Å². The maximum Gasteiger partial charge on any atom is 0.184 e. The summed E-state index contributed by atoms with van der Waals surface area (Å²) in [5.41, 5.74) is 2.08. The molecule has 0 spiro atoms. The van der Waals surface area contributed by atoms with Gasteiger partial charge < -0.3 is 13.9 Å². The predicted molar refractivity (Wildman–Crippen MR) is 65.5 cm³/mol. The third kappa shape index (κ3) is 2.87. The summed E-state index contributed by atoms with van der Waals surface area (Å²) in [6.07, 6.45) is 8.93. The lowest BCUT2D eigenvalue weighted by molar-refractivity contribution is -0.145. The van der Waals surface area contributed by atoms with Gasteiger partial charge in [-0.1, -0.05) is 18.7 Å². The van der Waals surface area contributed by atoms with Crippen molar-refractivity contribution in [1.29, 1.82) is 0 Å². The molecule has 17 heavy (non-hydrogen) atoms. The fourth-order valence-corrected chi connectivity index (χ4v) is 1.96. The number of furan rings is 1. The highest BCUT2D eigenvalue weighted by Crippen LogP contribution is 2.30. The van der Waals surface area contributed by atoms with Crippen molar-refractivity contribution in [3.63, 3.8) is 0 Å². The number of allylic oxidation sites excluding steroid dienone is 1. The zero-order valence-electron chi connectivity index (χ0n) is 10.1. The largest absolute Gasteiger partial charge is 0.472 e. The quantitative estimate of drug-likeness (QED) is 0.797. The lowest BCUT2D eigenvalue weighted by atomic mass is 10.1. The molecule has 0 aliphatic carbocycles. The first-order valence-electron chi connectivity index (χ1n) is 5.96. The lowest BCUT2D eigenvalue weighted by Gasteiger charge is -2.22. The summed E-state index contributed by atoms with van der Waals surface area (Å²) in [6, 6.07) is 1.94. The Hall–Kier alpha value is -1.32. The fourth-order valence-electron chi connectivity index (χ4n) is 1.96. The fraction of sp³-hybridized carbons (Fsp3) is 0.429. The zero-order chi connectivity index (χ0) is 12.1. The second kappa shape index (κ2) is 5.84. The van der Waals surface area contributed by atoms with Crippen molar-refractivity contribution >= 4 is 0 Å². The average molecular weight is 234 g/mol. The number of hydrogen-bond donors (Lipinski definition) is 0. The average Bonchev–Trinajstić information content (AvgIpc) is 2.79. The third-order valence-electron chi connectivity index (χ3n) is 2.84. The molecule has 0 saturated carbocycles. The van der Waals surface area contributed by atoms with Crippen molar-refractivity contribution in [2.24, 2.45) is 0 Å². The lowest BCUT2D eigenvalue weighted by Crippen LogP contribution is -2.20. The van der Waals surface area contributed by atoms with Crippen LogP contribution in [0.15, 0.2) is 47.3 Å². The molecule has 0 aromatic carbocycles. The summed E-state index contributed by atoms with van der Waals surface area (Å²) in [6.45, 7) is 6.38. The molecule has 2 atom stereocenters. The van der Waals surface area contributed by atoms with Crippen molar-refractivity contribution in [1.82, 2.24) is 0 Å². The van der Waals surface area contributed by atoms with E-state index in [1.54, 1.807) is 18.6 Å². The first-order chi connectivity index (χ1) is 8.35. The van der Waals surface area contributed by atoms with E-state index in [2.05, 4.69) is 12.7 Å². The van der Waals surface area contributed by atoms with Crippen LogP contribution in [0.2, 0.25) is 0 Å². The Morgan fingerprint density at radius 3 is 3.12 bits per heavy atom. The molecular weight excluding hydrogens is 216 g/mol. The minimum Gasteiger partial charge on any atom is -0.472 e. The molecule has 1 aliphatic heterocycles. The van der Waals surface area contributed by atoms with Crippen LogP contribution in [0.4, 0.5) is 0 Å². The van der Waals surface area contributed by atoms with Crippen molar-refractivity contribution in [2.45, 2.75) is 32.2 Å². The van der Waals surface area contributed by atoms with Crippen LogP contribution in [-0.4, -0.2) is 12.9 Å². The van der Waals surface area contributed by atoms with E-state index >= 15 is 0 Å². The van der Waals surface area contributed by atoms with Gasteiger partial charge in [0.25, 0.3) is 0 Å². The molecule has 1 aliphatic rings. The van der Waals surface area contributed by atoms with Crippen LogP contribution in [0.3, 0.4) is 0 Å². The topological polar surface area (TPSA) is 31.6 Å². The highest BCUT2D eigenvalue weighted by atomic mass is 16.7. The Kier molecular flexibility index (Phi) is 4.18. The highest BCUT2D eigenvalue weighted by Gasteiger charge is 2.23. The van der Waals surface area contributed by atoms with Gasteiger partial charge in [0.15, 0.2) is 6.29 Å². The van der Waals surface area contributed by atoms with Gasteiger partial charge in [-0.15, -0.1) is 0 Å². The molecule has 0 unspecified atom stereocenters. The zero-order valence-corrected chi connectivity index (χ0v) is 10.1. The number of hydrogen-bond acceptors (Lipinski definition) is 3. The molecule has 0 amide bonds. The van der Waals surface area contributed by atoms with Crippen LogP contribution in [-0.2, 0) is 9.47 Å². The molecule has 92 valence electrons. The number of ether oxygens (including phenoxy) is 2. The van der Waals surface area contributed by atoms with Crippen molar-refractivity contribution in [3.05, 3.63) is 48.5 Å². The van der Waals surface area contributed by atoms with E-state index in [9.17, 15) is 0 Å². The minimum atomic E-state index is -0.320. The van der Waals surface area contributed by atoms with Gasteiger partial charge in [-0.2, -0.15) is 0 Å². The van der Waals surface area contributed by atoms with Crippen LogP contribution in [0.1, 0.15) is 31.4 Å². The molecule has 0 saturated heterocycles. The summed E-state index contributed by atoms with van der Waals surface area (Å²) >= 11 is 0. The second-order valence-corrected chi connectivity index (χ2v) is 3.95. The number of rotatable bonds is 4. The maximum atomic E-state index is 5.98. The molecule has 2 rings (SSSR count). The van der Waals surface area contributed by atoms with Crippen LogP contribution in [0.25, 0.3) is 0 Å². The van der Waals surface area contributed by atoms with E-state index in [1.807, 2.05) is 13.0 Å². The SMILES string of the molecule is C=CC1=CCC[C@@H](c2ccoc2)O[C@@H]1OCC. The molecular formula is C14H18O3. The minimum absolute atomic E-state index is 0.0269. The predicted octanol–water partition coefficient (Wildman–Crippen LogP) is 3.61. The van der Waals surface area contributed by atoms with Gasteiger partial charge in [-0.05, 0) is 25.8 Å². The summed E-state index contributed by atoms with van der Waals surface area (Å²) in [7, 11) is 0. The molecule has 0 N–H and O–H groups in total. The summed E-state index contributed by atoms with van der Waals surface area (Å²) < 4.78 is 16.7. The van der Waals surface area contributed by atoms with Gasteiger partial charge in [-0.3, -0.25) is 0 Å².